The number of aromatic nitrogens is 2. The van der Waals surface area contributed by atoms with Crippen molar-refractivity contribution in [2.24, 2.45) is 7.05 Å². The summed E-state index contributed by atoms with van der Waals surface area (Å²) in [5, 5.41) is 2.44. The van der Waals surface area contributed by atoms with Crippen LogP contribution in [0.3, 0.4) is 0 Å². The van der Waals surface area contributed by atoms with Crippen LogP contribution in [-0.2, 0) is 13.1 Å². The zero-order valence-electron chi connectivity index (χ0n) is 12.9. The number of fused-ring (bicyclic) bond motifs is 2. The third-order valence-electron chi connectivity index (χ3n) is 4.23. The highest BCUT2D eigenvalue weighted by atomic mass is 28.3. The molecule has 0 aliphatic carbocycles. The summed E-state index contributed by atoms with van der Waals surface area (Å²) >= 11 is 0. The molecular weight excluding hydrogens is 300 g/mol. The summed E-state index contributed by atoms with van der Waals surface area (Å²) < 4.78 is 2.02. The summed E-state index contributed by atoms with van der Waals surface area (Å²) in [5.74, 6) is 0. The lowest BCUT2D eigenvalue weighted by atomic mass is 10.1. The minimum atomic E-state index is -1.73. The first-order chi connectivity index (χ1) is 11.2. The second-order valence-corrected chi connectivity index (χ2v) is 7.48. The highest BCUT2D eigenvalue weighted by Gasteiger charge is 2.20. The molecule has 23 heavy (non-hydrogen) atoms. The van der Waals surface area contributed by atoms with Crippen LogP contribution in [0.4, 0.5) is 0 Å². The molecule has 3 nitrogen and oxygen atoms in total. The minimum Gasteiger partial charge on any atom is -0.425 e. The van der Waals surface area contributed by atoms with Gasteiger partial charge in [-0.15, -0.1) is 0 Å². The molecule has 0 aliphatic heterocycles. The van der Waals surface area contributed by atoms with Gasteiger partial charge in [0.15, 0.2) is 0 Å². The zero-order valence-corrected chi connectivity index (χ0v) is 13.9. The third-order valence-corrected chi connectivity index (χ3v) is 5.94. The first-order valence-corrected chi connectivity index (χ1v) is 9.32. The average molecular weight is 317 g/mol. The SMILES string of the molecule is Cn1c([Si](O)Cc2ccc3ccccc3c2)nc2ccccc21. The minimum absolute atomic E-state index is 0.659. The largest absolute Gasteiger partial charge is 0.425 e. The number of aryl methyl sites for hydroxylation is 1. The molecule has 1 heterocycles. The van der Waals surface area contributed by atoms with Crippen LogP contribution in [0.15, 0.2) is 66.7 Å². The molecule has 1 aromatic heterocycles. The van der Waals surface area contributed by atoms with E-state index in [1.807, 2.05) is 48.0 Å². The van der Waals surface area contributed by atoms with Crippen LogP contribution in [0.25, 0.3) is 21.8 Å². The molecule has 1 N–H and O–H groups in total. The van der Waals surface area contributed by atoms with E-state index < -0.39 is 9.04 Å². The van der Waals surface area contributed by atoms with Crippen LogP contribution < -0.4 is 5.45 Å². The molecule has 0 saturated carbocycles. The first kappa shape index (κ1) is 14.2. The van der Waals surface area contributed by atoms with Gasteiger partial charge in [0.2, 0.25) is 0 Å². The molecule has 0 fully saturated rings. The normalized spacial score (nSPS) is 11.6. The van der Waals surface area contributed by atoms with E-state index in [-0.39, 0.29) is 0 Å². The molecule has 0 unspecified atom stereocenters. The van der Waals surface area contributed by atoms with E-state index in [2.05, 4.69) is 35.3 Å². The Kier molecular flexibility index (Phi) is 3.48. The number of hydrogen-bond acceptors (Lipinski definition) is 2. The number of para-hydroxylation sites is 2. The maximum absolute atomic E-state index is 10.7. The number of imidazole rings is 1. The molecule has 1 radical (unpaired) electrons. The van der Waals surface area contributed by atoms with Gasteiger partial charge in [-0.25, -0.2) is 4.98 Å². The van der Waals surface area contributed by atoms with Crippen LogP contribution in [0.1, 0.15) is 5.56 Å². The Morgan fingerprint density at radius 3 is 2.52 bits per heavy atom. The van der Waals surface area contributed by atoms with Gasteiger partial charge in [0, 0.05) is 7.05 Å². The van der Waals surface area contributed by atoms with E-state index in [1.165, 1.54) is 10.8 Å². The van der Waals surface area contributed by atoms with Crippen molar-refractivity contribution in [2.45, 2.75) is 6.04 Å². The quantitative estimate of drug-likeness (QED) is 0.590. The molecule has 0 bridgehead atoms. The van der Waals surface area contributed by atoms with Crippen LogP contribution in [0.5, 0.6) is 0 Å². The second kappa shape index (κ2) is 5.65. The van der Waals surface area contributed by atoms with E-state index in [9.17, 15) is 4.80 Å². The molecular formula is C19H17N2OSi. The first-order valence-electron chi connectivity index (χ1n) is 7.67. The van der Waals surface area contributed by atoms with E-state index in [4.69, 9.17) is 0 Å². The van der Waals surface area contributed by atoms with E-state index in [0.717, 1.165) is 22.0 Å². The predicted octanol–water partition coefficient (Wildman–Crippen LogP) is 2.70. The maximum Gasteiger partial charge on any atom is 0.291 e. The van der Waals surface area contributed by atoms with Gasteiger partial charge in [0.1, 0.15) is 5.45 Å². The Labute approximate surface area is 136 Å². The topological polar surface area (TPSA) is 38.0 Å². The van der Waals surface area contributed by atoms with Crippen molar-refractivity contribution in [3.05, 3.63) is 72.3 Å². The van der Waals surface area contributed by atoms with Crippen molar-refractivity contribution >= 4 is 36.3 Å². The van der Waals surface area contributed by atoms with Gasteiger partial charge in [0.25, 0.3) is 9.04 Å². The fourth-order valence-electron chi connectivity index (χ4n) is 3.02. The summed E-state index contributed by atoms with van der Waals surface area (Å²) in [6.07, 6.45) is 0. The molecule has 4 aromatic rings. The second-order valence-electron chi connectivity index (χ2n) is 5.79. The lowest BCUT2D eigenvalue weighted by Crippen LogP contribution is -2.39. The van der Waals surface area contributed by atoms with Crippen molar-refractivity contribution in [3.8, 4) is 0 Å². The number of benzene rings is 3. The van der Waals surface area contributed by atoms with Gasteiger partial charge in [-0.1, -0.05) is 54.6 Å². The van der Waals surface area contributed by atoms with E-state index >= 15 is 0 Å². The van der Waals surface area contributed by atoms with Crippen LogP contribution in [0.2, 0.25) is 0 Å². The third kappa shape index (κ3) is 2.56. The van der Waals surface area contributed by atoms with Gasteiger partial charge in [-0.3, -0.25) is 0 Å². The molecule has 0 aliphatic rings. The highest BCUT2D eigenvalue weighted by Crippen LogP contribution is 2.16. The number of hydrogen-bond donors (Lipinski definition) is 1. The fourth-order valence-corrected chi connectivity index (χ4v) is 4.55. The molecule has 0 spiro atoms. The van der Waals surface area contributed by atoms with Crippen molar-refractivity contribution in [1.29, 1.82) is 0 Å². The Morgan fingerprint density at radius 1 is 0.957 bits per heavy atom. The Morgan fingerprint density at radius 2 is 1.70 bits per heavy atom. The summed E-state index contributed by atoms with van der Waals surface area (Å²) in [4.78, 5) is 15.4. The lowest BCUT2D eigenvalue weighted by Gasteiger charge is -2.09. The molecule has 4 rings (SSSR count). The van der Waals surface area contributed by atoms with Crippen LogP contribution in [0, 0.1) is 0 Å². The van der Waals surface area contributed by atoms with E-state index in [0.29, 0.717) is 6.04 Å². The summed E-state index contributed by atoms with van der Waals surface area (Å²) in [7, 11) is 0.252. The zero-order chi connectivity index (χ0) is 15.8. The maximum atomic E-state index is 10.7. The van der Waals surface area contributed by atoms with Gasteiger partial charge in [-0.05, 0) is 34.5 Å². The molecule has 0 saturated heterocycles. The van der Waals surface area contributed by atoms with Gasteiger partial charge in [0.05, 0.1) is 11.0 Å². The fraction of sp³-hybridized carbons (Fsp3) is 0.105. The molecule has 0 amide bonds. The van der Waals surface area contributed by atoms with Gasteiger partial charge < -0.3 is 9.36 Å². The Bertz CT molecular complexity index is 993. The Balaban J connectivity index is 1.67. The molecule has 0 atom stereocenters. The van der Waals surface area contributed by atoms with Crippen molar-refractivity contribution in [3.63, 3.8) is 0 Å². The van der Waals surface area contributed by atoms with Crippen LogP contribution in [-0.4, -0.2) is 23.4 Å². The standard InChI is InChI=1S/C19H17N2OSi/c1-21-18-9-5-4-8-17(18)20-19(21)23(22)13-14-10-11-15-6-2-3-7-16(15)12-14/h2-12,22H,13H2,1H3. The van der Waals surface area contributed by atoms with Crippen molar-refractivity contribution < 1.29 is 4.80 Å². The van der Waals surface area contributed by atoms with Crippen molar-refractivity contribution in [1.82, 2.24) is 9.55 Å². The molecule has 113 valence electrons. The monoisotopic (exact) mass is 317 g/mol. The Hall–Kier alpha value is -2.43. The van der Waals surface area contributed by atoms with E-state index in [1.54, 1.807) is 0 Å². The predicted molar refractivity (Wildman–Crippen MR) is 96.0 cm³/mol. The number of rotatable bonds is 3. The average Bonchev–Trinajstić information content (AvgIpc) is 2.92. The number of nitrogens with zero attached hydrogens (tertiary/aromatic N) is 2. The molecule has 4 heteroatoms. The van der Waals surface area contributed by atoms with Gasteiger partial charge in [-0.2, -0.15) is 0 Å². The summed E-state index contributed by atoms with van der Waals surface area (Å²) in [6.45, 7) is 0. The molecule has 3 aromatic carbocycles. The van der Waals surface area contributed by atoms with Gasteiger partial charge >= 0.3 is 0 Å². The smallest absolute Gasteiger partial charge is 0.291 e. The lowest BCUT2D eigenvalue weighted by molar-refractivity contribution is 0.578. The highest BCUT2D eigenvalue weighted by molar-refractivity contribution is 6.64. The van der Waals surface area contributed by atoms with Crippen molar-refractivity contribution in [2.75, 3.05) is 0 Å². The van der Waals surface area contributed by atoms with Crippen LogP contribution >= 0.6 is 0 Å². The summed E-state index contributed by atoms with van der Waals surface area (Å²) in [5.41, 5.74) is 3.98. The summed E-state index contributed by atoms with van der Waals surface area (Å²) in [6, 6.07) is 23.4.